The van der Waals surface area contributed by atoms with Crippen LogP contribution in [-0.4, -0.2) is 61.6 Å². The normalized spacial score (nSPS) is 21.9. The topological polar surface area (TPSA) is 48.1 Å². The van der Waals surface area contributed by atoms with Gasteiger partial charge in [0.25, 0.3) is 0 Å². The molecule has 0 aromatic heterocycles. The Balaban J connectivity index is 0.00000261. The highest BCUT2D eigenvalue weighted by Gasteiger charge is 2.19. The standard InChI is InChI=1S/C20H32FN5.HI/c1-3-24-9-11-25(12-10-24)19-7-6-17(13-18(19)21)14-23-20(22)26-8-4-5-16(2)15-26;/h6-7,13,16H,3-5,8-12,14-15H2,1-2H3,(H2,22,23);1H. The summed E-state index contributed by atoms with van der Waals surface area (Å²) >= 11 is 0. The van der Waals surface area contributed by atoms with E-state index in [-0.39, 0.29) is 29.8 Å². The summed E-state index contributed by atoms with van der Waals surface area (Å²) < 4.78 is 14.6. The average Bonchev–Trinajstić information content (AvgIpc) is 2.66. The van der Waals surface area contributed by atoms with Crippen molar-refractivity contribution in [3.05, 3.63) is 29.6 Å². The predicted molar refractivity (Wildman–Crippen MR) is 121 cm³/mol. The Bertz CT molecular complexity index is 631. The second-order valence-electron chi connectivity index (χ2n) is 7.57. The second-order valence-corrected chi connectivity index (χ2v) is 7.57. The zero-order valence-corrected chi connectivity index (χ0v) is 18.9. The lowest BCUT2D eigenvalue weighted by atomic mass is 10.0. The number of anilines is 1. The number of benzene rings is 1. The van der Waals surface area contributed by atoms with Crippen molar-refractivity contribution in [2.45, 2.75) is 33.2 Å². The van der Waals surface area contributed by atoms with E-state index < -0.39 is 0 Å². The highest BCUT2D eigenvalue weighted by Crippen LogP contribution is 2.22. The molecule has 7 heteroatoms. The first kappa shape index (κ1) is 22.2. The fourth-order valence-corrected chi connectivity index (χ4v) is 3.88. The van der Waals surface area contributed by atoms with Crippen molar-refractivity contribution < 1.29 is 4.39 Å². The number of halogens is 2. The zero-order valence-electron chi connectivity index (χ0n) is 16.5. The molecule has 1 aromatic rings. The molecule has 1 atom stereocenters. The van der Waals surface area contributed by atoms with Gasteiger partial charge in [0.2, 0.25) is 0 Å². The van der Waals surface area contributed by atoms with E-state index in [1.165, 1.54) is 6.42 Å². The first-order valence-electron chi connectivity index (χ1n) is 9.87. The molecule has 2 fully saturated rings. The quantitative estimate of drug-likeness (QED) is 0.401. The van der Waals surface area contributed by atoms with E-state index >= 15 is 0 Å². The zero-order chi connectivity index (χ0) is 18.5. The van der Waals surface area contributed by atoms with Crippen LogP contribution in [0.1, 0.15) is 32.3 Å². The summed E-state index contributed by atoms with van der Waals surface area (Å²) in [5.41, 5.74) is 7.71. The number of hydrogen-bond acceptors (Lipinski definition) is 3. The molecule has 0 radical (unpaired) electrons. The number of hydrogen-bond donors (Lipinski definition) is 1. The molecule has 2 N–H and O–H groups in total. The molecule has 0 saturated carbocycles. The van der Waals surface area contributed by atoms with E-state index in [4.69, 9.17) is 5.73 Å². The minimum absolute atomic E-state index is 0. The Morgan fingerprint density at radius 2 is 1.96 bits per heavy atom. The first-order valence-corrected chi connectivity index (χ1v) is 9.87. The van der Waals surface area contributed by atoms with Crippen LogP contribution in [0.15, 0.2) is 23.2 Å². The third-order valence-electron chi connectivity index (χ3n) is 5.58. The summed E-state index contributed by atoms with van der Waals surface area (Å²) in [6.07, 6.45) is 2.41. The highest BCUT2D eigenvalue weighted by molar-refractivity contribution is 14.0. The highest BCUT2D eigenvalue weighted by atomic mass is 127. The largest absolute Gasteiger partial charge is 0.370 e. The Labute approximate surface area is 179 Å². The predicted octanol–water partition coefficient (Wildman–Crippen LogP) is 3.13. The number of aliphatic imine (C=N–C) groups is 1. The molecule has 0 aliphatic carbocycles. The van der Waals surface area contributed by atoms with E-state index in [1.54, 1.807) is 6.07 Å². The lowest BCUT2D eigenvalue weighted by molar-refractivity contribution is 0.270. The van der Waals surface area contributed by atoms with Crippen molar-refractivity contribution >= 4 is 35.6 Å². The van der Waals surface area contributed by atoms with Gasteiger partial charge in [0.05, 0.1) is 12.2 Å². The molecule has 0 spiro atoms. The maximum absolute atomic E-state index is 14.6. The van der Waals surface area contributed by atoms with E-state index in [0.29, 0.717) is 24.1 Å². The van der Waals surface area contributed by atoms with Crippen LogP contribution in [0.5, 0.6) is 0 Å². The van der Waals surface area contributed by atoms with E-state index in [9.17, 15) is 4.39 Å². The lowest BCUT2D eigenvalue weighted by Crippen LogP contribution is -2.46. The van der Waals surface area contributed by atoms with Gasteiger partial charge in [-0.25, -0.2) is 9.38 Å². The number of piperazine rings is 1. The van der Waals surface area contributed by atoms with Crippen molar-refractivity contribution in [2.75, 3.05) is 50.7 Å². The van der Waals surface area contributed by atoms with E-state index in [0.717, 1.165) is 57.8 Å². The number of likely N-dealkylation sites (tertiary alicyclic amines) is 1. The number of nitrogens with zero attached hydrogens (tertiary/aromatic N) is 4. The molecule has 1 unspecified atom stereocenters. The minimum Gasteiger partial charge on any atom is -0.370 e. The first-order chi connectivity index (χ1) is 12.6. The van der Waals surface area contributed by atoms with Gasteiger partial charge in [-0.15, -0.1) is 24.0 Å². The number of likely N-dealkylation sites (N-methyl/N-ethyl adjacent to an activating group) is 1. The van der Waals surface area contributed by atoms with Gasteiger partial charge in [0.1, 0.15) is 5.82 Å². The number of piperidine rings is 1. The summed E-state index contributed by atoms with van der Waals surface area (Å²) in [7, 11) is 0. The molecule has 1 aromatic carbocycles. The Kier molecular flexibility index (Phi) is 8.60. The molecule has 0 bridgehead atoms. The van der Waals surface area contributed by atoms with Gasteiger partial charge >= 0.3 is 0 Å². The number of guanidine groups is 1. The Morgan fingerprint density at radius 3 is 2.59 bits per heavy atom. The average molecular weight is 489 g/mol. The molecular weight excluding hydrogens is 456 g/mol. The van der Waals surface area contributed by atoms with Gasteiger partial charge in [-0.2, -0.15) is 0 Å². The van der Waals surface area contributed by atoms with Crippen LogP contribution in [0.25, 0.3) is 0 Å². The van der Waals surface area contributed by atoms with Crippen LogP contribution in [0.3, 0.4) is 0 Å². The van der Waals surface area contributed by atoms with Gasteiger partial charge in [0.15, 0.2) is 5.96 Å². The number of rotatable bonds is 4. The third-order valence-corrected chi connectivity index (χ3v) is 5.58. The smallest absolute Gasteiger partial charge is 0.191 e. The molecule has 2 heterocycles. The van der Waals surface area contributed by atoms with Crippen LogP contribution in [0.2, 0.25) is 0 Å². The van der Waals surface area contributed by atoms with Gasteiger partial charge < -0.3 is 20.4 Å². The number of nitrogens with two attached hydrogens (primary N) is 1. The molecule has 27 heavy (non-hydrogen) atoms. The Hall–Kier alpha value is -1.09. The summed E-state index contributed by atoms with van der Waals surface area (Å²) in [5.74, 6) is 1.08. The molecule has 2 aliphatic rings. The van der Waals surface area contributed by atoms with Crippen molar-refractivity contribution in [1.82, 2.24) is 9.80 Å². The van der Waals surface area contributed by atoms with Crippen LogP contribution in [0.4, 0.5) is 10.1 Å². The van der Waals surface area contributed by atoms with Crippen LogP contribution < -0.4 is 10.6 Å². The fraction of sp³-hybridized carbons (Fsp3) is 0.650. The van der Waals surface area contributed by atoms with Crippen LogP contribution >= 0.6 is 24.0 Å². The molecule has 152 valence electrons. The summed E-state index contributed by atoms with van der Waals surface area (Å²) in [4.78, 5) is 11.2. The van der Waals surface area contributed by atoms with Gasteiger partial charge in [-0.05, 0) is 43.0 Å². The molecule has 2 aliphatic heterocycles. The van der Waals surface area contributed by atoms with Gasteiger partial charge in [-0.3, -0.25) is 0 Å². The van der Waals surface area contributed by atoms with Crippen LogP contribution in [0, 0.1) is 11.7 Å². The Morgan fingerprint density at radius 1 is 1.22 bits per heavy atom. The maximum Gasteiger partial charge on any atom is 0.191 e. The summed E-state index contributed by atoms with van der Waals surface area (Å²) in [6.45, 7) is 11.6. The van der Waals surface area contributed by atoms with E-state index in [1.807, 2.05) is 12.1 Å². The molecule has 3 rings (SSSR count). The second kappa shape index (κ2) is 10.5. The van der Waals surface area contributed by atoms with Crippen molar-refractivity contribution in [2.24, 2.45) is 16.6 Å². The monoisotopic (exact) mass is 489 g/mol. The fourth-order valence-electron chi connectivity index (χ4n) is 3.88. The van der Waals surface area contributed by atoms with Crippen molar-refractivity contribution in [3.63, 3.8) is 0 Å². The SMILES string of the molecule is CCN1CCN(c2ccc(CN=C(N)N3CCCC(C)C3)cc2F)CC1.I. The van der Waals surface area contributed by atoms with Gasteiger partial charge in [0, 0.05) is 39.3 Å². The molecule has 5 nitrogen and oxygen atoms in total. The molecule has 0 amide bonds. The summed E-state index contributed by atoms with van der Waals surface area (Å²) in [6, 6.07) is 5.47. The lowest BCUT2D eigenvalue weighted by Gasteiger charge is -2.35. The van der Waals surface area contributed by atoms with Crippen LogP contribution in [-0.2, 0) is 6.54 Å². The van der Waals surface area contributed by atoms with Crippen molar-refractivity contribution in [3.8, 4) is 0 Å². The minimum atomic E-state index is -0.159. The third kappa shape index (κ3) is 5.94. The van der Waals surface area contributed by atoms with E-state index in [2.05, 4.69) is 33.5 Å². The van der Waals surface area contributed by atoms with Crippen molar-refractivity contribution in [1.29, 1.82) is 0 Å². The van der Waals surface area contributed by atoms with Gasteiger partial charge in [-0.1, -0.05) is 19.9 Å². The summed E-state index contributed by atoms with van der Waals surface area (Å²) in [5, 5.41) is 0. The maximum atomic E-state index is 14.6. The molecule has 2 saturated heterocycles. The molecular formula is C20H33FIN5.